The second-order valence-corrected chi connectivity index (χ2v) is 10.6. The second-order valence-electron chi connectivity index (χ2n) is 10.6. The molecule has 6 atom stereocenters. The van der Waals surface area contributed by atoms with Crippen molar-refractivity contribution in [3.05, 3.63) is 72.6 Å². The van der Waals surface area contributed by atoms with Gasteiger partial charge < -0.3 is 20.6 Å². The fourth-order valence-corrected chi connectivity index (χ4v) is 6.07. The normalized spacial score (nSPS) is 30.8. The maximum atomic E-state index is 4.65. The highest BCUT2D eigenvalue weighted by molar-refractivity contribution is 5.71. The van der Waals surface area contributed by atoms with Crippen LogP contribution in [0.15, 0.2) is 60.9 Å². The molecule has 4 fully saturated rings. The van der Waals surface area contributed by atoms with Crippen LogP contribution >= 0.6 is 0 Å². The van der Waals surface area contributed by atoms with Crippen LogP contribution in [0.5, 0.6) is 0 Å². The Hall–Kier alpha value is -3.22. The van der Waals surface area contributed by atoms with Gasteiger partial charge in [-0.1, -0.05) is 48.5 Å². The van der Waals surface area contributed by atoms with E-state index in [1.807, 2.05) is 12.4 Å². The van der Waals surface area contributed by atoms with Crippen molar-refractivity contribution in [1.82, 2.24) is 30.6 Å². The van der Waals surface area contributed by atoms with Crippen LogP contribution in [0.3, 0.4) is 0 Å². The van der Waals surface area contributed by atoms with Crippen LogP contribution in [0.1, 0.15) is 49.4 Å². The average Bonchev–Trinajstić information content (AvgIpc) is 3.46. The van der Waals surface area contributed by atoms with Gasteiger partial charge in [0, 0.05) is 12.1 Å². The number of piperidine rings is 2. The number of H-pyrrole nitrogens is 2. The zero-order valence-electron chi connectivity index (χ0n) is 19.0. The maximum Gasteiger partial charge on any atom is 0.123 e. The lowest BCUT2D eigenvalue weighted by molar-refractivity contribution is 0.543. The third-order valence-corrected chi connectivity index (χ3v) is 8.33. The standard InChI is InChI=1S/C28H28N6/c1-5-17(25-13-29-27(33-25)23-11-19-9-21(19)31-23)6-2-15(1)16-3-7-18(8-4-16)26-14-30-28(34-26)24-12-20-10-22(20)32-24/h1-8,13-14,19-24,31-32H,9-12H2,(H,29,33)(H,30,34)/t19-,20-,21-,22-,23+,24?/m1/s1. The first-order chi connectivity index (χ1) is 16.8. The lowest BCUT2D eigenvalue weighted by atomic mass is 10.0. The molecule has 1 unspecified atom stereocenters. The van der Waals surface area contributed by atoms with Crippen molar-refractivity contribution in [2.45, 2.75) is 49.9 Å². The Morgan fingerprint density at radius 2 is 0.941 bits per heavy atom. The van der Waals surface area contributed by atoms with Gasteiger partial charge in [0.2, 0.25) is 0 Å². The summed E-state index contributed by atoms with van der Waals surface area (Å²) in [5.41, 5.74) is 6.95. The summed E-state index contributed by atoms with van der Waals surface area (Å²) in [7, 11) is 0. The Bertz CT molecular complexity index is 1220. The molecule has 4 N–H and O–H groups in total. The van der Waals surface area contributed by atoms with Crippen molar-refractivity contribution in [2.75, 3.05) is 0 Å². The summed E-state index contributed by atoms with van der Waals surface area (Å²) >= 11 is 0. The molecule has 2 aliphatic heterocycles. The molecular formula is C28H28N6. The van der Waals surface area contributed by atoms with E-state index in [0.29, 0.717) is 12.1 Å². The molecule has 2 saturated heterocycles. The SMILES string of the molecule is c1cc(-c2cnc(C3C[C@H]4C[C@H]4N3)[nH]2)ccc1-c1ccc(-c2cnc([C@@H]3C[C@H]4C[C@H]4N3)[nH]2)cc1. The number of nitrogens with one attached hydrogen (secondary N) is 4. The smallest absolute Gasteiger partial charge is 0.123 e. The van der Waals surface area contributed by atoms with Crippen molar-refractivity contribution in [1.29, 1.82) is 0 Å². The van der Waals surface area contributed by atoms with Crippen molar-refractivity contribution >= 4 is 0 Å². The summed E-state index contributed by atoms with van der Waals surface area (Å²) in [5, 5.41) is 7.34. The van der Waals surface area contributed by atoms with Crippen molar-refractivity contribution in [3.8, 4) is 33.6 Å². The van der Waals surface area contributed by atoms with E-state index in [4.69, 9.17) is 0 Å². The molecule has 170 valence electrons. The monoisotopic (exact) mass is 448 g/mol. The first kappa shape index (κ1) is 19.1. The number of rotatable bonds is 5. The van der Waals surface area contributed by atoms with E-state index in [-0.39, 0.29) is 0 Å². The van der Waals surface area contributed by atoms with Crippen LogP contribution in [-0.2, 0) is 0 Å². The number of hydrogen-bond acceptors (Lipinski definition) is 4. The van der Waals surface area contributed by atoms with Crippen molar-refractivity contribution in [2.24, 2.45) is 11.8 Å². The van der Waals surface area contributed by atoms with Gasteiger partial charge in [-0.3, -0.25) is 0 Å². The average molecular weight is 449 g/mol. The van der Waals surface area contributed by atoms with E-state index in [1.54, 1.807) is 0 Å². The minimum Gasteiger partial charge on any atom is -0.341 e. The van der Waals surface area contributed by atoms with Gasteiger partial charge in [-0.25, -0.2) is 9.97 Å². The first-order valence-corrected chi connectivity index (χ1v) is 12.6. The predicted molar refractivity (Wildman–Crippen MR) is 132 cm³/mol. The number of aromatic amines is 2. The molecule has 4 aliphatic rings. The van der Waals surface area contributed by atoms with E-state index in [9.17, 15) is 0 Å². The van der Waals surface area contributed by atoms with E-state index in [0.717, 1.165) is 47.0 Å². The summed E-state index contributed by atoms with van der Waals surface area (Å²) < 4.78 is 0. The fourth-order valence-electron chi connectivity index (χ4n) is 6.07. The van der Waals surface area contributed by atoms with Gasteiger partial charge in [0.1, 0.15) is 11.6 Å². The molecule has 0 amide bonds. The topological polar surface area (TPSA) is 81.4 Å². The van der Waals surface area contributed by atoms with Gasteiger partial charge in [-0.2, -0.15) is 0 Å². The molecule has 0 radical (unpaired) electrons. The van der Waals surface area contributed by atoms with Crippen molar-refractivity contribution < 1.29 is 0 Å². The van der Waals surface area contributed by atoms with E-state index in [2.05, 4.69) is 79.1 Å². The highest BCUT2D eigenvalue weighted by atomic mass is 15.1. The largest absolute Gasteiger partial charge is 0.341 e. The molecule has 6 nitrogen and oxygen atoms in total. The van der Waals surface area contributed by atoms with E-state index >= 15 is 0 Å². The van der Waals surface area contributed by atoms with Crippen LogP contribution in [0.4, 0.5) is 0 Å². The second kappa shape index (κ2) is 7.14. The summed E-state index contributed by atoms with van der Waals surface area (Å²) in [6.45, 7) is 0. The molecule has 6 heteroatoms. The number of fused-ring (bicyclic) bond motifs is 2. The lowest BCUT2D eigenvalue weighted by Crippen LogP contribution is -2.18. The van der Waals surface area contributed by atoms with Gasteiger partial charge in [0.15, 0.2) is 0 Å². The fraction of sp³-hybridized carbons (Fsp3) is 0.357. The number of nitrogens with zero attached hydrogens (tertiary/aromatic N) is 2. The Morgan fingerprint density at radius 1 is 0.529 bits per heavy atom. The van der Waals surface area contributed by atoms with Crippen LogP contribution < -0.4 is 10.6 Å². The maximum absolute atomic E-state index is 4.65. The minimum atomic E-state index is 0.390. The summed E-state index contributed by atoms with van der Waals surface area (Å²) in [6.07, 6.45) is 9.04. The minimum absolute atomic E-state index is 0.390. The molecule has 4 heterocycles. The summed E-state index contributed by atoms with van der Waals surface area (Å²) in [5.74, 6) is 3.89. The van der Waals surface area contributed by atoms with Gasteiger partial charge in [-0.05, 0) is 59.8 Å². The zero-order valence-corrected chi connectivity index (χ0v) is 19.0. The molecule has 8 rings (SSSR count). The van der Waals surface area contributed by atoms with Crippen molar-refractivity contribution in [3.63, 3.8) is 0 Å². The van der Waals surface area contributed by atoms with Crippen LogP contribution in [-0.4, -0.2) is 32.0 Å². The molecule has 2 aliphatic carbocycles. The van der Waals surface area contributed by atoms with Gasteiger partial charge in [0.25, 0.3) is 0 Å². The number of hydrogen-bond donors (Lipinski definition) is 4. The predicted octanol–water partition coefficient (Wildman–Crippen LogP) is 4.98. The molecule has 0 spiro atoms. The Labute approximate surface area is 198 Å². The third kappa shape index (κ3) is 3.24. The highest BCUT2D eigenvalue weighted by Crippen LogP contribution is 2.46. The summed E-state index contributed by atoms with van der Waals surface area (Å²) in [6, 6.07) is 19.7. The molecule has 2 saturated carbocycles. The van der Waals surface area contributed by atoms with E-state index in [1.165, 1.54) is 47.9 Å². The van der Waals surface area contributed by atoms with Gasteiger partial charge in [0.05, 0.1) is 35.9 Å². The Balaban J connectivity index is 0.972. The first-order valence-electron chi connectivity index (χ1n) is 12.6. The van der Waals surface area contributed by atoms with Gasteiger partial charge in [-0.15, -0.1) is 0 Å². The van der Waals surface area contributed by atoms with Crippen LogP contribution in [0.2, 0.25) is 0 Å². The Kier molecular flexibility index (Phi) is 4.02. The third-order valence-electron chi connectivity index (χ3n) is 8.33. The number of aromatic nitrogens is 4. The Morgan fingerprint density at radius 3 is 1.32 bits per heavy atom. The van der Waals surface area contributed by atoms with E-state index < -0.39 is 0 Å². The summed E-state index contributed by atoms with van der Waals surface area (Å²) in [4.78, 5) is 16.4. The molecule has 0 bridgehead atoms. The molecule has 34 heavy (non-hydrogen) atoms. The highest BCUT2D eigenvalue weighted by Gasteiger charge is 2.47. The number of benzene rings is 2. The van der Waals surface area contributed by atoms with Crippen LogP contribution in [0, 0.1) is 11.8 Å². The lowest BCUT2D eigenvalue weighted by Gasteiger charge is -2.09. The molecule has 2 aromatic heterocycles. The van der Waals surface area contributed by atoms with Crippen LogP contribution in [0.25, 0.3) is 33.6 Å². The molecule has 2 aromatic carbocycles. The quantitative estimate of drug-likeness (QED) is 0.347. The molecular weight excluding hydrogens is 420 g/mol. The zero-order chi connectivity index (χ0) is 22.2. The molecule has 4 aromatic rings. The van der Waals surface area contributed by atoms with Gasteiger partial charge >= 0.3 is 0 Å². The number of imidazole rings is 2.